The number of amides is 2. The van der Waals surface area contributed by atoms with Gasteiger partial charge in [0.15, 0.2) is 5.82 Å². The summed E-state index contributed by atoms with van der Waals surface area (Å²) in [6.07, 6.45) is 8.63. The summed E-state index contributed by atoms with van der Waals surface area (Å²) in [4.78, 5) is 37.8. The molecule has 0 aliphatic carbocycles. The number of piperidine rings is 3. The van der Waals surface area contributed by atoms with Gasteiger partial charge in [-0.2, -0.15) is 4.98 Å². The first kappa shape index (κ1) is 39.7. The number of para-hydroxylation sites is 1. The summed E-state index contributed by atoms with van der Waals surface area (Å²) in [5, 5.41) is 9.24. The lowest BCUT2D eigenvalue weighted by Gasteiger charge is -2.42. The molecule has 14 nitrogen and oxygen atoms in total. The Morgan fingerprint density at radius 2 is 1.67 bits per heavy atom. The summed E-state index contributed by atoms with van der Waals surface area (Å²) < 4.78 is 38.4. The fraction of sp³-hybridized carbons (Fsp3) is 0.429. The normalized spacial score (nSPS) is 19.5. The molecule has 306 valence electrons. The zero-order chi connectivity index (χ0) is 40.4. The average molecular weight is 829 g/mol. The van der Waals surface area contributed by atoms with Crippen LogP contribution < -0.4 is 34.6 Å². The molecular weight excluding hydrogens is 780 g/mol. The highest BCUT2D eigenvalue weighted by Crippen LogP contribution is 2.40. The molecule has 0 radical (unpaired) electrons. The van der Waals surface area contributed by atoms with Crippen LogP contribution in [0.2, 0.25) is 5.02 Å². The standard InChI is InChI=1S/C42H49ClN8O6S/c1-56-37-24-31(8-12-35(37)46-42-44-25-34(43)40(48-42)45-36-5-3-4-29-16-23-51(39(29)36)58(2,54)55)50-21-17-30(18-22-50)49-19-14-27(15-20-49)26-57-32-9-6-28(7-10-32)33-11-13-38(52)47-41(33)53/h3-10,12,24-25,27,30,33H,11,13-23,26H2,1-2H3,(H,47,52,53)(H2,44,45,46,48). The van der Waals surface area contributed by atoms with Crippen molar-refractivity contribution in [1.29, 1.82) is 0 Å². The molecule has 0 spiro atoms. The number of anilines is 6. The first-order valence-corrected chi connectivity index (χ1v) is 22.1. The molecule has 1 unspecified atom stereocenters. The molecule has 4 aromatic rings. The minimum Gasteiger partial charge on any atom is -0.494 e. The van der Waals surface area contributed by atoms with E-state index in [1.54, 1.807) is 7.11 Å². The van der Waals surface area contributed by atoms with Crippen molar-refractivity contribution in [2.24, 2.45) is 5.92 Å². The fourth-order valence-corrected chi connectivity index (χ4v) is 9.70. The highest BCUT2D eigenvalue weighted by molar-refractivity contribution is 7.92. The van der Waals surface area contributed by atoms with E-state index in [2.05, 4.69) is 41.8 Å². The number of hydrogen-bond acceptors (Lipinski definition) is 12. The second-order valence-electron chi connectivity index (χ2n) is 15.5. The Hall–Kier alpha value is -5.12. The van der Waals surface area contributed by atoms with E-state index in [1.807, 2.05) is 54.6 Å². The number of nitrogens with zero attached hydrogens (tertiary/aromatic N) is 5. The third-order valence-electron chi connectivity index (χ3n) is 11.8. The number of nitrogens with one attached hydrogen (secondary N) is 3. The van der Waals surface area contributed by atoms with Crippen molar-refractivity contribution in [2.75, 3.05) is 72.5 Å². The summed E-state index contributed by atoms with van der Waals surface area (Å²) in [6.45, 7) is 5.11. The molecule has 0 bridgehead atoms. The van der Waals surface area contributed by atoms with Crippen LogP contribution in [0.1, 0.15) is 55.6 Å². The number of ether oxygens (including phenoxy) is 2. The lowest BCUT2D eigenvalue weighted by atomic mass is 9.90. The lowest BCUT2D eigenvalue weighted by Crippen LogP contribution is -2.48. The molecule has 4 aliphatic rings. The van der Waals surface area contributed by atoms with Crippen molar-refractivity contribution in [1.82, 2.24) is 20.2 Å². The Balaban J connectivity index is 0.818. The Morgan fingerprint density at radius 1 is 0.897 bits per heavy atom. The number of sulfonamides is 1. The lowest BCUT2D eigenvalue weighted by molar-refractivity contribution is -0.134. The van der Waals surface area contributed by atoms with E-state index < -0.39 is 10.0 Å². The molecule has 3 saturated heterocycles. The van der Waals surface area contributed by atoms with Gasteiger partial charge in [-0.25, -0.2) is 13.4 Å². The average Bonchev–Trinajstić information content (AvgIpc) is 3.69. The SMILES string of the molecule is COc1cc(N2CCC(N3CCC(COc4ccc(C5CCC(=O)NC5=O)cc4)CC3)CC2)ccc1Nc1ncc(Cl)c(Nc2cccc3c2N(S(C)(=O)=O)CC3)n1. The van der Waals surface area contributed by atoms with Gasteiger partial charge in [-0.05, 0) is 99.0 Å². The third-order valence-corrected chi connectivity index (χ3v) is 13.2. The summed E-state index contributed by atoms with van der Waals surface area (Å²) in [5.74, 6) is 1.92. The molecule has 3 N–H and O–H groups in total. The number of rotatable bonds is 12. The van der Waals surface area contributed by atoms with Gasteiger partial charge in [0, 0.05) is 43.9 Å². The molecule has 16 heteroatoms. The van der Waals surface area contributed by atoms with Gasteiger partial charge >= 0.3 is 0 Å². The molecule has 8 rings (SSSR count). The minimum atomic E-state index is -3.45. The monoisotopic (exact) mass is 828 g/mol. The molecule has 58 heavy (non-hydrogen) atoms. The van der Waals surface area contributed by atoms with Crippen LogP contribution in [0, 0.1) is 5.92 Å². The van der Waals surface area contributed by atoms with Crippen LogP contribution in [0.15, 0.2) is 66.9 Å². The number of hydrogen-bond donors (Lipinski definition) is 3. The predicted molar refractivity (Wildman–Crippen MR) is 226 cm³/mol. The van der Waals surface area contributed by atoms with Crippen LogP contribution in [0.25, 0.3) is 0 Å². The van der Waals surface area contributed by atoms with Crippen molar-refractivity contribution >= 4 is 68.0 Å². The summed E-state index contributed by atoms with van der Waals surface area (Å²) in [5.41, 5.74) is 4.85. The van der Waals surface area contributed by atoms with Crippen LogP contribution in [0.3, 0.4) is 0 Å². The Bertz CT molecular complexity index is 2260. The van der Waals surface area contributed by atoms with Crippen molar-refractivity contribution in [3.63, 3.8) is 0 Å². The van der Waals surface area contributed by atoms with Crippen LogP contribution in [0.5, 0.6) is 11.5 Å². The van der Waals surface area contributed by atoms with E-state index in [9.17, 15) is 18.0 Å². The van der Waals surface area contributed by atoms with E-state index in [1.165, 1.54) is 16.8 Å². The molecular formula is C42H49ClN8O6S. The first-order valence-electron chi connectivity index (χ1n) is 19.9. The number of benzene rings is 3. The third kappa shape index (κ3) is 8.81. The number of aromatic nitrogens is 2. The summed E-state index contributed by atoms with van der Waals surface area (Å²) in [7, 11) is -1.81. The number of likely N-dealkylation sites (tertiary alicyclic amines) is 1. The molecule has 3 fully saturated rings. The van der Waals surface area contributed by atoms with Crippen LogP contribution in [-0.2, 0) is 26.0 Å². The van der Waals surface area contributed by atoms with Crippen molar-refractivity contribution in [2.45, 2.75) is 56.9 Å². The Morgan fingerprint density at radius 3 is 2.40 bits per heavy atom. The van der Waals surface area contributed by atoms with Crippen LogP contribution >= 0.6 is 11.6 Å². The molecule has 3 aromatic carbocycles. The van der Waals surface area contributed by atoms with Crippen molar-refractivity contribution < 1.29 is 27.5 Å². The van der Waals surface area contributed by atoms with E-state index >= 15 is 0 Å². The van der Waals surface area contributed by atoms with Crippen LogP contribution in [-0.4, -0.2) is 93.8 Å². The quantitative estimate of drug-likeness (QED) is 0.139. The minimum absolute atomic E-state index is 0.201. The Kier molecular flexibility index (Phi) is 11.6. The maximum absolute atomic E-state index is 12.5. The molecule has 5 heterocycles. The second-order valence-corrected chi connectivity index (χ2v) is 17.8. The van der Waals surface area contributed by atoms with Gasteiger partial charge in [0.25, 0.3) is 0 Å². The summed E-state index contributed by atoms with van der Waals surface area (Å²) in [6, 6.07) is 20.0. The van der Waals surface area contributed by atoms with E-state index in [0.717, 1.165) is 74.4 Å². The molecule has 0 saturated carbocycles. The number of carbonyl (C=O) groups is 2. The van der Waals surface area contributed by atoms with Gasteiger partial charge in [-0.1, -0.05) is 35.9 Å². The van der Waals surface area contributed by atoms with E-state index in [4.69, 9.17) is 21.1 Å². The van der Waals surface area contributed by atoms with Gasteiger partial charge in [-0.15, -0.1) is 0 Å². The van der Waals surface area contributed by atoms with Gasteiger partial charge < -0.3 is 29.9 Å². The fourth-order valence-electron chi connectivity index (χ4n) is 8.59. The molecule has 1 aromatic heterocycles. The van der Waals surface area contributed by atoms with Gasteiger partial charge in [0.1, 0.15) is 16.5 Å². The second kappa shape index (κ2) is 17.0. The van der Waals surface area contributed by atoms with Gasteiger partial charge in [0.2, 0.25) is 27.8 Å². The van der Waals surface area contributed by atoms with Gasteiger partial charge in [-0.3, -0.25) is 19.2 Å². The van der Waals surface area contributed by atoms with Crippen molar-refractivity contribution in [3.05, 3.63) is 83.0 Å². The number of fused-ring (bicyclic) bond motifs is 1. The van der Waals surface area contributed by atoms with Crippen molar-refractivity contribution in [3.8, 4) is 11.5 Å². The number of methoxy groups -OCH3 is 1. The molecule has 2 amide bonds. The molecule has 1 atom stereocenters. The van der Waals surface area contributed by atoms with Crippen LogP contribution in [0.4, 0.5) is 34.5 Å². The highest BCUT2D eigenvalue weighted by atomic mass is 35.5. The largest absolute Gasteiger partial charge is 0.494 e. The maximum Gasteiger partial charge on any atom is 0.234 e. The Labute approximate surface area is 344 Å². The van der Waals surface area contributed by atoms with E-state index in [-0.39, 0.29) is 17.7 Å². The van der Waals surface area contributed by atoms with E-state index in [0.29, 0.717) is 84.0 Å². The number of imide groups is 1. The number of halogens is 1. The highest BCUT2D eigenvalue weighted by Gasteiger charge is 2.31. The van der Waals surface area contributed by atoms with Gasteiger partial charge in [0.05, 0.1) is 49.1 Å². The zero-order valence-corrected chi connectivity index (χ0v) is 34.3. The zero-order valence-electron chi connectivity index (χ0n) is 32.7. The smallest absolute Gasteiger partial charge is 0.234 e. The first-order chi connectivity index (χ1) is 28.0. The predicted octanol–water partition coefficient (Wildman–Crippen LogP) is 6.23. The summed E-state index contributed by atoms with van der Waals surface area (Å²) >= 11 is 6.52. The number of carbonyl (C=O) groups excluding carboxylic acids is 2. The topological polar surface area (TPSA) is 158 Å². The molecule has 4 aliphatic heterocycles. The maximum atomic E-state index is 12.5.